The van der Waals surface area contributed by atoms with E-state index in [1.807, 2.05) is 18.2 Å². The van der Waals surface area contributed by atoms with Gasteiger partial charge in [-0.2, -0.15) is 0 Å². The van der Waals surface area contributed by atoms with E-state index in [1.54, 1.807) is 6.20 Å². The molecule has 0 bridgehead atoms. The van der Waals surface area contributed by atoms with Crippen molar-refractivity contribution < 1.29 is 4.79 Å². The van der Waals surface area contributed by atoms with Crippen LogP contribution in [0.15, 0.2) is 36.5 Å². The molecule has 0 saturated heterocycles. The number of hydrogen-bond donors (Lipinski definition) is 2. The molecule has 2 N–H and O–H groups in total. The summed E-state index contributed by atoms with van der Waals surface area (Å²) in [5.41, 5.74) is 4.87. The number of carbonyl (C=O) groups excluding carboxylic acids is 1. The number of pyridine rings is 1. The van der Waals surface area contributed by atoms with Gasteiger partial charge < -0.3 is 10.6 Å². The predicted molar refractivity (Wildman–Crippen MR) is 97.8 cm³/mol. The van der Waals surface area contributed by atoms with E-state index in [0.29, 0.717) is 11.7 Å². The molecule has 1 fully saturated rings. The molecule has 1 aliphatic carbocycles. The first-order chi connectivity index (χ1) is 11.6. The SMILES string of the molecule is Cc1ccc(Nc2ccnc(C(=O)NC3CCCCC3)c2)cc1C. The van der Waals surface area contributed by atoms with E-state index in [2.05, 4.69) is 41.6 Å². The second-order valence-electron chi connectivity index (χ2n) is 6.66. The lowest BCUT2D eigenvalue weighted by Gasteiger charge is -2.22. The molecule has 0 aliphatic heterocycles. The molecule has 4 heteroatoms. The van der Waals surface area contributed by atoms with Gasteiger partial charge in [0.15, 0.2) is 0 Å². The molecule has 24 heavy (non-hydrogen) atoms. The predicted octanol–water partition coefficient (Wildman–Crippen LogP) is 4.50. The average Bonchev–Trinajstić information content (AvgIpc) is 2.59. The summed E-state index contributed by atoms with van der Waals surface area (Å²) in [5, 5.41) is 6.46. The van der Waals surface area contributed by atoms with Gasteiger partial charge in [-0.1, -0.05) is 25.3 Å². The Morgan fingerprint density at radius 1 is 1.00 bits per heavy atom. The number of aromatic nitrogens is 1. The van der Waals surface area contributed by atoms with E-state index in [9.17, 15) is 4.79 Å². The van der Waals surface area contributed by atoms with E-state index >= 15 is 0 Å². The molecule has 1 saturated carbocycles. The van der Waals surface area contributed by atoms with Gasteiger partial charge in [0, 0.05) is 23.6 Å². The molecule has 3 rings (SSSR count). The summed E-state index contributed by atoms with van der Waals surface area (Å²) in [6.07, 6.45) is 7.51. The first-order valence-corrected chi connectivity index (χ1v) is 8.73. The fraction of sp³-hybridized carbons (Fsp3) is 0.400. The third kappa shape index (κ3) is 4.13. The molecule has 2 aromatic rings. The summed E-state index contributed by atoms with van der Waals surface area (Å²) in [5.74, 6) is -0.0781. The number of rotatable bonds is 4. The van der Waals surface area contributed by atoms with Crippen LogP contribution in [0.4, 0.5) is 11.4 Å². The molecule has 0 spiro atoms. The minimum absolute atomic E-state index is 0.0781. The second kappa shape index (κ2) is 7.47. The highest BCUT2D eigenvalue weighted by molar-refractivity contribution is 5.93. The van der Waals surface area contributed by atoms with Crippen LogP contribution in [-0.4, -0.2) is 16.9 Å². The van der Waals surface area contributed by atoms with Gasteiger partial charge in [-0.25, -0.2) is 0 Å². The summed E-state index contributed by atoms with van der Waals surface area (Å²) >= 11 is 0. The lowest BCUT2D eigenvalue weighted by molar-refractivity contribution is 0.0922. The Kier molecular flexibility index (Phi) is 5.14. The highest BCUT2D eigenvalue weighted by Crippen LogP contribution is 2.21. The maximum Gasteiger partial charge on any atom is 0.270 e. The topological polar surface area (TPSA) is 54.0 Å². The van der Waals surface area contributed by atoms with Crippen molar-refractivity contribution in [3.63, 3.8) is 0 Å². The maximum absolute atomic E-state index is 12.4. The Balaban J connectivity index is 1.68. The summed E-state index contributed by atoms with van der Waals surface area (Å²) < 4.78 is 0. The van der Waals surface area contributed by atoms with Crippen LogP contribution in [0, 0.1) is 13.8 Å². The number of anilines is 2. The highest BCUT2D eigenvalue weighted by Gasteiger charge is 2.17. The zero-order valence-electron chi connectivity index (χ0n) is 14.4. The zero-order chi connectivity index (χ0) is 16.9. The number of nitrogens with one attached hydrogen (secondary N) is 2. The van der Waals surface area contributed by atoms with Crippen LogP contribution >= 0.6 is 0 Å². The second-order valence-corrected chi connectivity index (χ2v) is 6.66. The smallest absolute Gasteiger partial charge is 0.270 e. The molecule has 1 aromatic heterocycles. The fourth-order valence-corrected chi connectivity index (χ4v) is 3.12. The Morgan fingerprint density at radius 2 is 1.75 bits per heavy atom. The molecule has 0 radical (unpaired) electrons. The quantitative estimate of drug-likeness (QED) is 0.870. The Hall–Kier alpha value is -2.36. The molecule has 4 nitrogen and oxygen atoms in total. The number of carbonyl (C=O) groups is 1. The molecule has 1 aliphatic rings. The van der Waals surface area contributed by atoms with Crippen molar-refractivity contribution >= 4 is 17.3 Å². The van der Waals surface area contributed by atoms with Gasteiger partial charge in [-0.15, -0.1) is 0 Å². The number of aryl methyl sites for hydroxylation is 2. The van der Waals surface area contributed by atoms with E-state index < -0.39 is 0 Å². The van der Waals surface area contributed by atoms with Gasteiger partial charge >= 0.3 is 0 Å². The summed E-state index contributed by atoms with van der Waals surface area (Å²) in [4.78, 5) is 16.6. The van der Waals surface area contributed by atoms with Crippen molar-refractivity contribution in [2.45, 2.75) is 52.0 Å². The summed E-state index contributed by atoms with van der Waals surface area (Å²) in [6.45, 7) is 4.19. The van der Waals surface area contributed by atoms with Gasteiger partial charge in [-0.3, -0.25) is 9.78 Å². The van der Waals surface area contributed by atoms with Crippen LogP contribution in [0.1, 0.15) is 53.7 Å². The summed E-state index contributed by atoms with van der Waals surface area (Å²) in [6, 6.07) is 10.2. The van der Waals surface area contributed by atoms with Crippen molar-refractivity contribution in [3.8, 4) is 0 Å². The molecule has 0 unspecified atom stereocenters. The molecule has 1 amide bonds. The molecular weight excluding hydrogens is 298 g/mol. The van der Waals surface area contributed by atoms with E-state index in [1.165, 1.54) is 30.4 Å². The lowest BCUT2D eigenvalue weighted by Crippen LogP contribution is -2.36. The monoisotopic (exact) mass is 323 g/mol. The van der Waals surface area contributed by atoms with Gasteiger partial charge in [-0.05, 0) is 62.1 Å². The van der Waals surface area contributed by atoms with Crippen molar-refractivity contribution in [1.29, 1.82) is 0 Å². The highest BCUT2D eigenvalue weighted by atomic mass is 16.1. The molecule has 1 heterocycles. The first-order valence-electron chi connectivity index (χ1n) is 8.73. The van der Waals surface area contributed by atoms with Gasteiger partial charge in [0.1, 0.15) is 5.69 Å². The molecular formula is C20H25N3O. The average molecular weight is 323 g/mol. The van der Waals surface area contributed by atoms with Crippen LogP contribution in [0.2, 0.25) is 0 Å². The first kappa shape index (κ1) is 16.5. The molecule has 0 atom stereocenters. The van der Waals surface area contributed by atoms with Crippen LogP contribution < -0.4 is 10.6 Å². The number of amides is 1. The van der Waals surface area contributed by atoms with Crippen LogP contribution in [0.25, 0.3) is 0 Å². The molecule has 126 valence electrons. The largest absolute Gasteiger partial charge is 0.355 e. The van der Waals surface area contributed by atoms with Crippen LogP contribution in [0.3, 0.4) is 0 Å². The van der Waals surface area contributed by atoms with Gasteiger partial charge in [0.25, 0.3) is 5.91 Å². The van der Waals surface area contributed by atoms with Gasteiger partial charge in [0.05, 0.1) is 0 Å². The fourth-order valence-electron chi connectivity index (χ4n) is 3.12. The third-order valence-electron chi connectivity index (χ3n) is 4.73. The normalized spacial score (nSPS) is 15.1. The Morgan fingerprint density at radius 3 is 2.50 bits per heavy atom. The van der Waals surface area contributed by atoms with Crippen molar-refractivity contribution in [1.82, 2.24) is 10.3 Å². The van der Waals surface area contributed by atoms with Crippen LogP contribution in [-0.2, 0) is 0 Å². The van der Waals surface area contributed by atoms with Crippen molar-refractivity contribution in [2.24, 2.45) is 0 Å². The maximum atomic E-state index is 12.4. The number of nitrogens with zero attached hydrogens (tertiary/aromatic N) is 1. The van der Waals surface area contributed by atoms with Crippen molar-refractivity contribution in [2.75, 3.05) is 5.32 Å². The van der Waals surface area contributed by atoms with Crippen LogP contribution in [0.5, 0.6) is 0 Å². The minimum atomic E-state index is -0.0781. The number of benzene rings is 1. The molecule has 1 aromatic carbocycles. The van der Waals surface area contributed by atoms with E-state index in [4.69, 9.17) is 0 Å². The lowest BCUT2D eigenvalue weighted by atomic mass is 9.95. The zero-order valence-corrected chi connectivity index (χ0v) is 14.4. The standard InChI is InChI=1S/C20H25N3O/c1-14-8-9-17(12-15(14)2)22-18-10-11-21-19(13-18)20(24)23-16-6-4-3-5-7-16/h8-13,16H,3-7H2,1-2H3,(H,21,22)(H,23,24). The van der Waals surface area contributed by atoms with Gasteiger partial charge in [0.2, 0.25) is 0 Å². The van der Waals surface area contributed by atoms with E-state index in [0.717, 1.165) is 24.2 Å². The Bertz CT molecular complexity index is 721. The summed E-state index contributed by atoms with van der Waals surface area (Å²) in [7, 11) is 0. The number of hydrogen-bond acceptors (Lipinski definition) is 3. The van der Waals surface area contributed by atoms with Crippen molar-refractivity contribution in [3.05, 3.63) is 53.3 Å². The van der Waals surface area contributed by atoms with E-state index in [-0.39, 0.29) is 5.91 Å². The third-order valence-corrected chi connectivity index (χ3v) is 4.73. The Labute approximate surface area is 143 Å². The minimum Gasteiger partial charge on any atom is -0.355 e.